The second kappa shape index (κ2) is 21.8. The maximum Gasteiger partial charge on any atom is 0.223 e. The number of rotatable bonds is 5. The minimum atomic E-state index is 0.343. The van der Waals surface area contributed by atoms with E-state index in [1.54, 1.807) is 12.3 Å². The average Bonchev–Trinajstić information content (AvgIpc) is 3.52. The molecular weight excluding hydrogens is 426 g/mol. The average molecular weight is 472 g/mol. The first-order chi connectivity index (χ1) is 16.4. The largest absolute Gasteiger partial charge is 0.365 e. The summed E-state index contributed by atoms with van der Waals surface area (Å²) in [6.45, 7) is 17.7. The summed E-state index contributed by atoms with van der Waals surface area (Å²) in [6, 6.07) is 9.78. The molecule has 2 aromatic rings. The van der Waals surface area contributed by atoms with Gasteiger partial charge in [0, 0.05) is 37.2 Å². The zero-order chi connectivity index (χ0) is 26.4. The lowest BCUT2D eigenvalue weighted by molar-refractivity contribution is -0.132. The van der Waals surface area contributed by atoms with Crippen LogP contribution in [0.15, 0.2) is 41.1 Å². The van der Waals surface area contributed by atoms with Crippen LogP contribution in [-0.2, 0) is 16.1 Å². The van der Waals surface area contributed by atoms with Gasteiger partial charge in [-0.2, -0.15) is 0 Å². The Hall–Kier alpha value is -3.07. The molecule has 1 saturated heterocycles. The number of hydrogen-bond acceptors (Lipinski definition) is 4. The molecule has 1 unspecified atom stereocenters. The Morgan fingerprint density at radius 1 is 1.24 bits per heavy atom. The minimum Gasteiger partial charge on any atom is -0.365 e. The first kappa shape index (κ1) is 33.1. The fourth-order valence-electron chi connectivity index (χ4n) is 2.92. The summed E-state index contributed by atoms with van der Waals surface area (Å²) in [5.74, 6) is 3.35. The van der Waals surface area contributed by atoms with Crippen LogP contribution < -0.4 is 5.32 Å². The van der Waals surface area contributed by atoms with E-state index in [1.807, 2.05) is 63.8 Å². The van der Waals surface area contributed by atoms with Crippen molar-refractivity contribution in [1.82, 2.24) is 15.4 Å². The van der Waals surface area contributed by atoms with E-state index in [9.17, 15) is 9.59 Å². The van der Waals surface area contributed by atoms with E-state index >= 15 is 0 Å². The molecule has 1 aromatic heterocycles. The van der Waals surface area contributed by atoms with Crippen LogP contribution in [0.5, 0.6) is 0 Å². The minimum absolute atomic E-state index is 0.343. The third kappa shape index (κ3) is 15.7. The Kier molecular flexibility index (Phi) is 21.2. The van der Waals surface area contributed by atoms with E-state index in [0.717, 1.165) is 23.4 Å². The fraction of sp³-hybridized carbons (Fsp3) is 0.536. The first-order valence-corrected chi connectivity index (χ1v) is 12.3. The van der Waals surface area contributed by atoms with Gasteiger partial charge in [-0.05, 0) is 50.3 Å². The zero-order valence-corrected chi connectivity index (χ0v) is 22.4. The summed E-state index contributed by atoms with van der Waals surface area (Å²) in [4.78, 5) is 23.6. The van der Waals surface area contributed by atoms with E-state index in [4.69, 9.17) is 6.42 Å². The van der Waals surface area contributed by atoms with Crippen LogP contribution in [0, 0.1) is 25.2 Å². The maximum absolute atomic E-state index is 11.6. The Morgan fingerprint density at radius 2 is 1.85 bits per heavy atom. The van der Waals surface area contributed by atoms with Crippen molar-refractivity contribution in [2.45, 2.75) is 87.2 Å². The van der Waals surface area contributed by atoms with Crippen molar-refractivity contribution < 1.29 is 14.1 Å². The smallest absolute Gasteiger partial charge is 0.223 e. The third-order valence-electron chi connectivity index (χ3n) is 4.53. The van der Waals surface area contributed by atoms with Gasteiger partial charge < -0.3 is 14.7 Å². The second-order valence-electron chi connectivity index (χ2n) is 7.66. The normalized spacial score (nSPS) is 13.3. The molecule has 3 rings (SSSR count). The number of nitrogens with one attached hydrogen (secondary N) is 1. The van der Waals surface area contributed by atoms with Crippen molar-refractivity contribution in [3.63, 3.8) is 0 Å². The fourth-order valence-corrected chi connectivity index (χ4v) is 2.92. The van der Waals surface area contributed by atoms with E-state index in [0.29, 0.717) is 37.2 Å². The lowest BCUT2D eigenvalue weighted by atomic mass is 10.1. The summed E-state index contributed by atoms with van der Waals surface area (Å²) in [5, 5.41) is 6.11. The number of benzene rings is 1. The second-order valence-corrected chi connectivity index (χ2v) is 7.66. The van der Waals surface area contributed by atoms with E-state index < -0.39 is 0 Å². The number of aromatic nitrogens is 1. The predicted molar refractivity (Wildman–Crippen MR) is 141 cm³/mol. The van der Waals surface area contributed by atoms with Crippen LogP contribution in [-0.4, -0.2) is 35.0 Å². The molecule has 0 saturated carbocycles. The van der Waals surface area contributed by atoms with Crippen LogP contribution in [0.2, 0.25) is 0 Å². The Bertz CT molecular complexity index is 778. The summed E-state index contributed by atoms with van der Waals surface area (Å²) in [6.07, 6.45) is 10.5. The Labute approximate surface area is 207 Å². The summed E-state index contributed by atoms with van der Waals surface area (Å²) < 4.78 is 4.46. The van der Waals surface area contributed by atoms with Gasteiger partial charge >= 0.3 is 0 Å². The monoisotopic (exact) mass is 471 g/mol. The molecule has 6 nitrogen and oxygen atoms in total. The molecule has 190 valence electrons. The lowest BCUT2D eigenvalue weighted by Crippen LogP contribution is -2.34. The SMILES string of the molecule is C#Cc1ccc(CNC=O)cc1.CC.CC.CC(C)CC(=O)N1CCCC1C.Cc1ccon1. The molecule has 1 N–H and O–H groups in total. The van der Waals surface area contributed by atoms with Crippen molar-refractivity contribution in [3.05, 3.63) is 53.4 Å². The van der Waals surface area contributed by atoms with Gasteiger partial charge in [0.15, 0.2) is 0 Å². The van der Waals surface area contributed by atoms with Crippen molar-refractivity contribution in [2.75, 3.05) is 6.54 Å². The highest BCUT2D eigenvalue weighted by Gasteiger charge is 2.24. The number of carbonyl (C=O) groups is 2. The molecule has 1 aliphatic rings. The Balaban J connectivity index is 0. The summed E-state index contributed by atoms with van der Waals surface area (Å²) in [7, 11) is 0. The number of hydrogen-bond donors (Lipinski definition) is 1. The van der Waals surface area contributed by atoms with Gasteiger partial charge in [0.1, 0.15) is 6.26 Å². The van der Waals surface area contributed by atoms with E-state index in [2.05, 4.69) is 41.7 Å². The van der Waals surface area contributed by atoms with Crippen LogP contribution in [0.4, 0.5) is 0 Å². The topological polar surface area (TPSA) is 75.4 Å². The van der Waals surface area contributed by atoms with Crippen molar-refractivity contribution in [3.8, 4) is 12.3 Å². The molecule has 1 aliphatic heterocycles. The molecule has 2 amide bonds. The Morgan fingerprint density at radius 3 is 2.21 bits per heavy atom. The molecule has 0 bridgehead atoms. The standard InChI is InChI=1S/C10H19NO.C10H9NO.C4H5NO.2C2H6/c1-8(2)7-10(12)11-6-4-5-9(11)3;1-2-9-3-5-10(6-4-9)7-11-8-12;1-4-2-3-6-5-4;2*1-2/h8-9H,4-7H2,1-3H3;1,3-6,8H,7H2,(H,11,12);2-3H,1H3;2*1-2H3. The van der Waals surface area contributed by atoms with Gasteiger partial charge in [-0.3, -0.25) is 9.59 Å². The van der Waals surface area contributed by atoms with E-state index in [1.165, 1.54) is 12.8 Å². The number of terminal acetylenes is 1. The number of amides is 2. The highest BCUT2D eigenvalue weighted by molar-refractivity contribution is 5.76. The number of aryl methyl sites for hydroxylation is 1. The van der Waals surface area contributed by atoms with Gasteiger partial charge in [0.2, 0.25) is 12.3 Å². The first-order valence-electron chi connectivity index (χ1n) is 12.3. The van der Waals surface area contributed by atoms with Crippen molar-refractivity contribution in [1.29, 1.82) is 0 Å². The molecule has 0 aliphatic carbocycles. The molecule has 1 fully saturated rings. The van der Waals surface area contributed by atoms with Gasteiger partial charge in [0.25, 0.3) is 0 Å². The van der Waals surface area contributed by atoms with Crippen LogP contribution >= 0.6 is 0 Å². The molecule has 1 atom stereocenters. The molecule has 0 radical (unpaired) electrons. The highest BCUT2D eigenvalue weighted by atomic mass is 16.5. The molecular formula is C28H45N3O3. The van der Waals surface area contributed by atoms with E-state index in [-0.39, 0.29) is 0 Å². The number of carbonyl (C=O) groups excluding carboxylic acids is 2. The quantitative estimate of drug-likeness (QED) is 0.429. The molecule has 0 spiro atoms. The maximum atomic E-state index is 11.6. The van der Waals surface area contributed by atoms with Gasteiger partial charge in [-0.25, -0.2) is 0 Å². The van der Waals surface area contributed by atoms with Crippen LogP contribution in [0.3, 0.4) is 0 Å². The molecule has 1 aromatic carbocycles. The van der Waals surface area contributed by atoms with Gasteiger partial charge in [-0.15, -0.1) is 6.42 Å². The van der Waals surface area contributed by atoms with Gasteiger partial charge in [-0.1, -0.05) is 64.8 Å². The lowest BCUT2D eigenvalue weighted by Gasteiger charge is -2.22. The number of likely N-dealkylation sites (tertiary alicyclic amines) is 1. The van der Waals surface area contributed by atoms with Crippen molar-refractivity contribution in [2.24, 2.45) is 5.92 Å². The molecule has 2 heterocycles. The van der Waals surface area contributed by atoms with Crippen LogP contribution in [0.25, 0.3) is 0 Å². The predicted octanol–water partition coefficient (Wildman–Crippen LogP) is 5.99. The van der Waals surface area contributed by atoms with Crippen molar-refractivity contribution >= 4 is 12.3 Å². The zero-order valence-electron chi connectivity index (χ0n) is 22.4. The highest BCUT2D eigenvalue weighted by Crippen LogP contribution is 2.18. The van der Waals surface area contributed by atoms with Crippen LogP contribution in [0.1, 0.15) is 84.5 Å². The summed E-state index contributed by atoms with van der Waals surface area (Å²) in [5.41, 5.74) is 2.82. The number of nitrogens with zero attached hydrogens (tertiary/aromatic N) is 2. The third-order valence-corrected chi connectivity index (χ3v) is 4.53. The van der Waals surface area contributed by atoms with Gasteiger partial charge in [0.05, 0.1) is 5.69 Å². The molecule has 6 heteroatoms. The summed E-state index contributed by atoms with van der Waals surface area (Å²) >= 11 is 0. The molecule has 34 heavy (non-hydrogen) atoms.